The van der Waals surface area contributed by atoms with Crippen LogP contribution in [0.5, 0.6) is 0 Å². The van der Waals surface area contributed by atoms with Gasteiger partial charge < -0.3 is 14.8 Å². The van der Waals surface area contributed by atoms with E-state index in [0.717, 1.165) is 52.4 Å². The van der Waals surface area contributed by atoms with Crippen molar-refractivity contribution in [2.75, 3.05) is 39.5 Å². The van der Waals surface area contributed by atoms with Gasteiger partial charge >= 0.3 is 0 Å². The number of rotatable bonds is 9. The molecule has 0 radical (unpaired) electrons. The van der Waals surface area contributed by atoms with Crippen LogP contribution >= 0.6 is 0 Å². The van der Waals surface area contributed by atoms with Gasteiger partial charge in [0, 0.05) is 26.3 Å². The minimum atomic E-state index is 0.714. The molecular formula is C12H23NO2. The first-order chi connectivity index (χ1) is 7.43. The number of hydrogen-bond acceptors (Lipinski definition) is 3. The Labute approximate surface area is 92.8 Å². The van der Waals surface area contributed by atoms with Crippen molar-refractivity contribution < 1.29 is 9.47 Å². The summed E-state index contributed by atoms with van der Waals surface area (Å²) in [5, 5.41) is 3.39. The van der Waals surface area contributed by atoms with Crippen LogP contribution < -0.4 is 5.32 Å². The lowest BCUT2D eigenvalue weighted by Gasteiger charge is -2.09. The van der Waals surface area contributed by atoms with Crippen molar-refractivity contribution in [3.05, 3.63) is 12.7 Å². The fourth-order valence-corrected chi connectivity index (χ4v) is 1.63. The van der Waals surface area contributed by atoms with Crippen LogP contribution in [-0.2, 0) is 9.47 Å². The fourth-order valence-electron chi connectivity index (χ4n) is 1.63. The largest absolute Gasteiger partial charge is 0.381 e. The van der Waals surface area contributed by atoms with Crippen LogP contribution in [0.2, 0.25) is 0 Å². The molecule has 3 nitrogen and oxygen atoms in total. The van der Waals surface area contributed by atoms with Crippen LogP contribution in [0.1, 0.15) is 19.3 Å². The van der Waals surface area contributed by atoms with Crippen molar-refractivity contribution in [3.63, 3.8) is 0 Å². The molecule has 1 N–H and O–H groups in total. The molecular weight excluding hydrogens is 190 g/mol. The molecule has 15 heavy (non-hydrogen) atoms. The van der Waals surface area contributed by atoms with E-state index in [0.29, 0.717) is 5.92 Å². The highest BCUT2D eigenvalue weighted by Gasteiger charge is 2.14. The Kier molecular flexibility index (Phi) is 7.52. The molecule has 0 aliphatic carbocycles. The normalized spacial score (nSPS) is 20.7. The van der Waals surface area contributed by atoms with Crippen molar-refractivity contribution in [1.29, 1.82) is 0 Å². The van der Waals surface area contributed by atoms with Gasteiger partial charge in [0.05, 0.1) is 13.2 Å². The molecule has 0 aromatic carbocycles. The highest BCUT2D eigenvalue weighted by molar-refractivity contribution is 4.66. The van der Waals surface area contributed by atoms with Gasteiger partial charge in [0.2, 0.25) is 0 Å². The summed E-state index contributed by atoms with van der Waals surface area (Å²) in [7, 11) is 0. The zero-order valence-electron chi connectivity index (χ0n) is 9.54. The van der Waals surface area contributed by atoms with E-state index >= 15 is 0 Å². The van der Waals surface area contributed by atoms with Crippen molar-refractivity contribution in [2.45, 2.75) is 19.3 Å². The van der Waals surface area contributed by atoms with E-state index in [-0.39, 0.29) is 0 Å². The van der Waals surface area contributed by atoms with Gasteiger partial charge in [0.25, 0.3) is 0 Å². The quantitative estimate of drug-likeness (QED) is 0.466. The third kappa shape index (κ3) is 6.66. The van der Waals surface area contributed by atoms with Gasteiger partial charge in [-0.2, -0.15) is 0 Å². The SMILES string of the molecule is C=CCCCOCCNCC1CCOC1. The predicted molar refractivity (Wildman–Crippen MR) is 62.0 cm³/mol. The summed E-state index contributed by atoms with van der Waals surface area (Å²) < 4.78 is 10.8. The summed E-state index contributed by atoms with van der Waals surface area (Å²) in [6, 6.07) is 0. The van der Waals surface area contributed by atoms with Crippen LogP contribution in [0.3, 0.4) is 0 Å². The zero-order valence-corrected chi connectivity index (χ0v) is 9.54. The first kappa shape index (κ1) is 12.7. The first-order valence-electron chi connectivity index (χ1n) is 5.90. The topological polar surface area (TPSA) is 30.5 Å². The molecule has 1 rings (SSSR count). The van der Waals surface area contributed by atoms with Crippen LogP contribution in [-0.4, -0.2) is 39.5 Å². The number of allylic oxidation sites excluding steroid dienone is 1. The molecule has 88 valence electrons. The van der Waals surface area contributed by atoms with Crippen LogP contribution in [0, 0.1) is 5.92 Å². The average molecular weight is 213 g/mol. The molecule has 1 saturated heterocycles. The molecule has 1 aliphatic rings. The monoisotopic (exact) mass is 213 g/mol. The predicted octanol–water partition coefficient (Wildman–Crippen LogP) is 1.60. The van der Waals surface area contributed by atoms with E-state index in [4.69, 9.17) is 9.47 Å². The van der Waals surface area contributed by atoms with Crippen molar-refractivity contribution in [2.24, 2.45) is 5.92 Å². The third-order valence-electron chi connectivity index (χ3n) is 2.58. The summed E-state index contributed by atoms with van der Waals surface area (Å²) in [5.41, 5.74) is 0. The molecule has 0 bridgehead atoms. The Hall–Kier alpha value is -0.380. The summed E-state index contributed by atoms with van der Waals surface area (Å²) >= 11 is 0. The Morgan fingerprint density at radius 2 is 2.40 bits per heavy atom. The van der Waals surface area contributed by atoms with E-state index in [1.54, 1.807) is 0 Å². The minimum Gasteiger partial charge on any atom is -0.381 e. The van der Waals surface area contributed by atoms with Crippen molar-refractivity contribution in [3.8, 4) is 0 Å². The molecule has 1 fully saturated rings. The molecule has 1 aliphatic heterocycles. The van der Waals surface area contributed by atoms with Crippen LogP contribution in [0.15, 0.2) is 12.7 Å². The fraction of sp³-hybridized carbons (Fsp3) is 0.833. The Balaban J connectivity index is 1.74. The van der Waals surface area contributed by atoms with Gasteiger partial charge in [0.15, 0.2) is 0 Å². The maximum atomic E-state index is 5.46. The molecule has 1 atom stereocenters. The van der Waals surface area contributed by atoms with E-state index in [9.17, 15) is 0 Å². The highest BCUT2D eigenvalue weighted by atomic mass is 16.5. The van der Waals surface area contributed by atoms with Gasteiger partial charge in [-0.15, -0.1) is 6.58 Å². The summed E-state index contributed by atoms with van der Waals surface area (Å²) in [5.74, 6) is 0.714. The Morgan fingerprint density at radius 3 is 3.13 bits per heavy atom. The van der Waals surface area contributed by atoms with Gasteiger partial charge in [-0.1, -0.05) is 6.08 Å². The number of unbranched alkanes of at least 4 members (excludes halogenated alkanes) is 1. The molecule has 0 aromatic heterocycles. The van der Waals surface area contributed by atoms with Gasteiger partial charge in [-0.05, 0) is 25.2 Å². The van der Waals surface area contributed by atoms with Gasteiger partial charge in [0.1, 0.15) is 0 Å². The zero-order chi connectivity index (χ0) is 10.8. The second-order valence-electron chi connectivity index (χ2n) is 3.98. The summed E-state index contributed by atoms with van der Waals surface area (Å²) in [6.45, 7) is 9.20. The Bertz CT molecular complexity index is 156. The highest BCUT2D eigenvalue weighted by Crippen LogP contribution is 2.10. The lowest BCUT2D eigenvalue weighted by atomic mass is 10.1. The maximum absolute atomic E-state index is 5.46. The lowest BCUT2D eigenvalue weighted by Crippen LogP contribution is -2.26. The molecule has 1 unspecified atom stereocenters. The molecule has 0 aromatic rings. The maximum Gasteiger partial charge on any atom is 0.0590 e. The first-order valence-corrected chi connectivity index (χ1v) is 5.90. The standard InChI is InChI=1S/C12H23NO2/c1-2-3-4-7-14-9-6-13-10-12-5-8-15-11-12/h2,12-13H,1,3-11H2. The smallest absolute Gasteiger partial charge is 0.0590 e. The summed E-state index contributed by atoms with van der Waals surface area (Å²) in [6.07, 6.45) is 5.27. The van der Waals surface area contributed by atoms with E-state index in [2.05, 4.69) is 11.9 Å². The van der Waals surface area contributed by atoms with Crippen LogP contribution in [0.4, 0.5) is 0 Å². The molecule has 1 heterocycles. The third-order valence-corrected chi connectivity index (χ3v) is 2.58. The van der Waals surface area contributed by atoms with E-state index in [1.165, 1.54) is 6.42 Å². The lowest BCUT2D eigenvalue weighted by molar-refractivity contribution is 0.132. The van der Waals surface area contributed by atoms with E-state index < -0.39 is 0 Å². The second-order valence-corrected chi connectivity index (χ2v) is 3.98. The van der Waals surface area contributed by atoms with Gasteiger partial charge in [-0.25, -0.2) is 0 Å². The van der Waals surface area contributed by atoms with Crippen molar-refractivity contribution >= 4 is 0 Å². The molecule has 0 amide bonds. The van der Waals surface area contributed by atoms with Crippen molar-refractivity contribution in [1.82, 2.24) is 5.32 Å². The minimum absolute atomic E-state index is 0.714. The molecule has 3 heteroatoms. The van der Waals surface area contributed by atoms with Gasteiger partial charge in [-0.3, -0.25) is 0 Å². The number of nitrogens with one attached hydrogen (secondary N) is 1. The summed E-state index contributed by atoms with van der Waals surface area (Å²) in [4.78, 5) is 0. The average Bonchev–Trinajstić information content (AvgIpc) is 2.75. The number of ether oxygens (including phenoxy) is 2. The van der Waals surface area contributed by atoms with Crippen LogP contribution in [0.25, 0.3) is 0 Å². The van der Waals surface area contributed by atoms with E-state index in [1.807, 2.05) is 6.08 Å². The molecule has 0 saturated carbocycles. The number of hydrogen-bond donors (Lipinski definition) is 1. The molecule has 0 spiro atoms. The Morgan fingerprint density at radius 1 is 1.47 bits per heavy atom. The second kappa shape index (κ2) is 8.89.